The monoisotopic (exact) mass is 342 g/mol. The lowest BCUT2D eigenvalue weighted by atomic mass is 10.0. The molecule has 0 amide bonds. The fourth-order valence-electron chi connectivity index (χ4n) is 2.38. The average Bonchev–Trinajstić information content (AvgIpc) is 2.58. The summed E-state index contributed by atoms with van der Waals surface area (Å²) in [5.74, 6) is 0. The second kappa shape index (κ2) is 7.03. The highest BCUT2D eigenvalue weighted by Gasteiger charge is 2.15. The SMILES string of the molecule is Cc1ccc(C(Nc2ccc(Cl)c(Cl)c2)c2ccccc2)nc1. The molecule has 1 N–H and O–H groups in total. The van der Waals surface area contributed by atoms with Crippen molar-refractivity contribution in [3.8, 4) is 0 Å². The molecule has 1 heterocycles. The van der Waals surface area contributed by atoms with E-state index in [9.17, 15) is 0 Å². The van der Waals surface area contributed by atoms with Gasteiger partial charge >= 0.3 is 0 Å². The largest absolute Gasteiger partial charge is 0.373 e. The predicted molar refractivity (Wildman–Crippen MR) is 97.3 cm³/mol. The van der Waals surface area contributed by atoms with E-state index in [1.807, 2.05) is 49.5 Å². The van der Waals surface area contributed by atoms with Crippen LogP contribution in [0.3, 0.4) is 0 Å². The number of aromatic nitrogens is 1. The van der Waals surface area contributed by atoms with E-state index in [1.165, 1.54) is 0 Å². The van der Waals surface area contributed by atoms with Gasteiger partial charge in [0.05, 0.1) is 21.8 Å². The van der Waals surface area contributed by atoms with E-state index in [0.29, 0.717) is 10.0 Å². The summed E-state index contributed by atoms with van der Waals surface area (Å²) in [6.07, 6.45) is 1.88. The molecule has 0 fully saturated rings. The molecule has 0 saturated heterocycles. The number of hydrogen-bond acceptors (Lipinski definition) is 2. The van der Waals surface area contributed by atoms with Gasteiger partial charge in [0.2, 0.25) is 0 Å². The van der Waals surface area contributed by atoms with E-state index in [2.05, 4.69) is 28.5 Å². The van der Waals surface area contributed by atoms with Gasteiger partial charge in [-0.2, -0.15) is 0 Å². The quantitative estimate of drug-likeness (QED) is 0.638. The Labute approximate surface area is 146 Å². The van der Waals surface area contributed by atoms with E-state index >= 15 is 0 Å². The summed E-state index contributed by atoms with van der Waals surface area (Å²) in [4.78, 5) is 4.57. The Morgan fingerprint density at radius 1 is 0.913 bits per heavy atom. The first-order chi connectivity index (χ1) is 11.1. The molecule has 0 aliphatic rings. The van der Waals surface area contributed by atoms with E-state index < -0.39 is 0 Å². The van der Waals surface area contributed by atoms with Gasteiger partial charge in [0.1, 0.15) is 0 Å². The molecular weight excluding hydrogens is 327 g/mol. The fourth-order valence-corrected chi connectivity index (χ4v) is 2.67. The molecule has 3 aromatic rings. The number of benzene rings is 2. The number of hydrogen-bond donors (Lipinski definition) is 1. The molecule has 1 aromatic heterocycles. The smallest absolute Gasteiger partial charge is 0.0940 e. The molecule has 116 valence electrons. The molecule has 1 atom stereocenters. The lowest BCUT2D eigenvalue weighted by Crippen LogP contribution is -2.13. The molecule has 0 spiro atoms. The van der Waals surface area contributed by atoms with Crippen LogP contribution in [-0.4, -0.2) is 4.98 Å². The lowest BCUT2D eigenvalue weighted by molar-refractivity contribution is 0.884. The second-order valence-electron chi connectivity index (χ2n) is 5.38. The normalized spacial score (nSPS) is 12.0. The van der Waals surface area contributed by atoms with Crippen molar-refractivity contribution in [2.45, 2.75) is 13.0 Å². The highest BCUT2D eigenvalue weighted by Crippen LogP contribution is 2.29. The van der Waals surface area contributed by atoms with Crippen LogP contribution in [0.25, 0.3) is 0 Å². The van der Waals surface area contributed by atoms with Crippen LogP contribution in [0, 0.1) is 6.92 Å². The van der Waals surface area contributed by atoms with Gasteiger partial charge in [-0.25, -0.2) is 0 Å². The van der Waals surface area contributed by atoms with Gasteiger partial charge in [-0.05, 0) is 42.3 Å². The number of nitrogens with zero attached hydrogens (tertiary/aromatic N) is 1. The van der Waals surface area contributed by atoms with Crippen molar-refractivity contribution in [3.05, 3.63) is 93.7 Å². The third kappa shape index (κ3) is 3.84. The van der Waals surface area contributed by atoms with Crippen LogP contribution in [0.5, 0.6) is 0 Å². The van der Waals surface area contributed by atoms with Crippen molar-refractivity contribution in [1.29, 1.82) is 0 Å². The van der Waals surface area contributed by atoms with Gasteiger partial charge < -0.3 is 5.32 Å². The Morgan fingerprint density at radius 2 is 1.70 bits per heavy atom. The van der Waals surface area contributed by atoms with Crippen LogP contribution in [0.4, 0.5) is 5.69 Å². The van der Waals surface area contributed by atoms with E-state index in [1.54, 1.807) is 6.07 Å². The zero-order valence-electron chi connectivity index (χ0n) is 12.6. The Bertz CT molecular complexity index is 786. The van der Waals surface area contributed by atoms with Crippen molar-refractivity contribution in [1.82, 2.24) is 4.98 Å². The second-order valence-corrected chi connectivity index (χ2v) is 6.19. The van der Waals surface area contributed by atoms with Gasteiger partial charge in [0.25, 0.3) is 0 Å². The molecule has 0 aliphatic heterocycles. The number of nitrogens with one attached hydrogen (secondary N) is 1. The third-order valence-electron chi connectivity index (χ3n) is 3.59. The van der Waals surface area contributed by atoms with Gasteiger partial charge in [-0.3, -0.25) is 4.98 Å². The number of aryl methyl sites for hydroxylation is 1. The molecule has 2 aromatic carbocycles. The summed E-state index contributed by atoms with van der Waals surface area (Å²) in [6, 6.07) is 19.8. The van der Waals surface area contributed by atoms with Crippen LogP contribution in [0.2, 0.25) is 10.0 Å². The fraction of sp³-hybridized carbons (Fsp3) is 0.105. The van der Waals surface area contributed by atoms with Crippen LogP contribution < -0.4 is 5.32 Å². The van der Waals surface area contributed by atoms with Crippen molar-refractivity contribution >= 4 is 28.9 Å². The summed E-state index contributed by atoms with van der Waals surface area (Å²) in [6.45, 7) is 2.03. The van der Waals surface area contributed by atoms with E-state index in [-0.39, 0.29) is 6.04 Å². The first kappa shape index (κ1) is 15.9. The standard InChI is InChI=1S/C19H16Cl2N2/c1-13-7-10-18(22-12-13)19(14-5-3-2-4-6-14)23-15-8-9-16(20)17(21)11-15/h2-12,19,23H,1H3. The summed E-state index contributed by atoms with van der Waals surface area (Å²) < 4.78 is 0. The number of halogens is 2. The average molecular weight is 343 g/mol. The molecule has 23 heavy (non-hydrogen) atoms. The lowest BCUT2D eigenvalue weighted by Gasteiger charge is -2.20. The Hall–Kier alpha value is -2.03. The van der Waals surface area contributed by atoms with E-state index in [0.717, 1.165) is 22.5 Å². The van der Waals surface area contributed by atoms with Crippen LogP contribution in [-0.2, 0) is 0 Å². The zero-order chi connectivity index (χ0) is 16.2. The maximum absolute atomic E-state index is 6.12. The van der Waals surface area contributed by atoms with Crippen molar-refractivity contribution in [2.24, 2.45) is 0 Å². The highest BCUT2D eigenvalue weighted by atomic mass is 35.5. The van der Waals surface area contributed by atoms with Crippen LogP contribution >= 0.6 is 23.2 Å². The molecule has 0 aliphatic carbocycles. The minimum absolute atomic E-state index is 0.0611. The molecule has 2 nitrogen and oxygen atoms in total. The first-order valence-corrected chi connectivity index (χ1v) is 8.08. The molecule has 1 unspecified atom stereocenters. The van der Waals surface area contributed by atoms with Crippen LogP contribution in [0.1, 0.15) is 22.9 Å². The third-order valence-corrected chi connectivity index (χ3v) is 4.33. The minimum Gasteiger partial charge on any atom is -0.373 e. The van der Waals surface area contributed by atoms with Crippen LogP contribution in [0.15, 0.2) is 66.9 Å². The molecule has 3 rings (SSSR count). The van der Waals surface area contributed by atoms with E-state index in [4.69, 9.17) is 23.2 Å². The maximum Gasteiger partial charge on any atom is 0.0940 e. The Morgan fingerprint density at radius 3 is 2.35 bits per heavy atom. The summed E-state index contributed by atoms with van der Waals surface area (Å²) in [7, 11) is 0. The number of rotatable bonds is 4. The van der Waals surface area contributed by atoms with Gasteiger partial charge in [-0.15, -0.1) is 0 Å². The minimum atomic E-state index is -0.0611. The Kier molecular flexibility index (Phi) is 4.85. The number of anilines is 1. The molecule has 0 bridgehead atoms. The van der Waals surface area contributed by atoms with Crippen molar-refractivity contribution < 1.29 is 0 Å². The van der Waals surface area contributed by atoms with Gasteiger partial charge in [0, 0.05) is 11.9 Å². The summed E-state index contributed by atoms with van der Waals surface area (Å²) >= 11 is 12.1. The molecular formula is C19H16Cl2N2. The number of pyridine rings is 1. The molecule has 0 saturated carbocycles. The topological polar surface area (TPSA) is 24.9 Å². The molecule has 0 radical (unpaired) electrons. The summed E-state index contributed by atoms with van der Waals surface area (Å²) in [5.41, 5.74) is 4.12. The van der Waals surface area contributed by atoms with Gasteiger partial charge in [0.15, 0.2) is 0 Å². The maximum atomic E-state index is 6.12. The van der Waals surface area contributed by atoms with Crippen molar-refractivity contribution in [2.75, 3.05) is 5.32 Å². The first-order valence-electron chi connectivity index (χ1n) is 7.32. The van der Waals surface area contributed by atoms with Gasteiger partial charge in [-0.1, -0.05) is 59.6 Å². The highest BCUT2D eigenvalue weighted by molar-refractivity contribution is 6.42. The Balaban J connectivity index is 1.98. The predicted octanol–water partition coefficient (Wildman–Crippen LogP) is 5.90. The van der Waals surface area contributed by atoms with Crippen molar-refractivity contribution in [3.63, 3.8) is 0 Å². The summed E-state index contributed by atoms with van der Waals surface area (Å²) in [5, 5.41) is 4.57. The molecule has 4 heteroatoms. The zero-order valence-corrected chi connectivity index (χ0v) is 14.1.